The Morgan fingerprint density at radius 3 is 2.38 bits per heavy atom. The minimum Gasteiger partial charge on any atom is -0.342 e. The molecule has 7 nitrogen and oxygen atoms in total. The van der Waals surface area contributed by atoms with E-state index in [1.54, 1.807) is 12.1 Å². The molecule has 2 atom stereocenters. The molecule has 1 aromatic heterocycles. The molecule has 1 fully saturated rings. The molecule has 8 heteroatoms. The first-order chi connectivity index (χ1) is 15.2. The number of carbonyl (C=O) groups excluding carboxylic acids is 1. The molecule has 0 N–H and O–H groups in total. The van der Waals surface area contributed by atoms with E-state index in [1.165, 1.54) is 10.7 Å². The van der Waals surface area contributed by atoms with Crippen LogP contribution in [0.1, 0.15) is 59.7 Å². The van der Waals surface area contributed by atoms with Gasteiger partial charge in [-0.2, -0.15) is 4.31 Å². The highest BCUT2D eigenvalue weighted by molar-refractivity contribution is 7.89. The van der Waals surface area contributed by atoms with Gasteiger partial charge in [-0.3, -0.25) is 4.79 Å². The number of piperidine rings is 1. The van der Waals surface area contributed by atoms with Crippen molar-refractivity contribution in [3.63, 3.8) is 0 Å². The van der Waals surface area contributed by atoms with Gasteiger partial charge in [0.25, 0.3) is 0 Å². The van der Waals surface area contributed by atoms with Gasteiger partial charge in [0.05, 0.1) is 15.9 Å². The minimum atomic E-state index is -3.54. The number of imidazole rings is 1. The summed E-state index contributed by atoms with van der Waals surface area (Å²) in [5.74, 6) is 2.12. The number of fused-ring (bicyclic) bond motifs is 1. The largest absolute Gasteiger partial charge is 0.342 e. The number of carbonyl (C=O) groups is 1. The standard InChI is InChI=1S/C24H38N4O3S/c1-6-13-28-22-10-9-20(32(30,31)27(7-2)8-3)15-21(22)25-23(28)11-12-24(29)26-16-18(4)14-19(5)17-26/h9-10,15,18-19H,6-8,11-14,16-17H2,1-5H3. The Morgan fingerprint density at radius 2 is 1.78 bits per heavy atom. The van der Waals surface area contributed by atoms with E-state index >= 15 is 0 Å². The third-order valence-corrected chi connectivity index (χ3v) is 8.42. The molecule has 1 saturated heterocycles. The maximum Gasteiger partial charge on any atom is 0.243 e. The third-order valence-electron chi connectivity index (χ3n) is 6.37. The third kappa shape index (κ3) is 5.17. The van der Waals surface area contributed by atoms with Crippen LogP contribution < -0.4 is 0 Å². The van der Waals surface area contributed by atoms with E-state index in [0.717, 1.165) is 37.4 Å². The van der Waals surface area contributed by atoms with Crippen molar-refractivity contribution >= 4 is 27.0 Å². The van der Waals surface area contributed by atoms with E-state index < -0.39 is 10.0 Å². The summed E-state index contributed by atoms with van der Waals surface area (Å²) in [5, 5.41) is 0. The normalized spacial score (nSPS) is 19.8. The summed E-state index contributed by atoms with van der Waals surface area (Å²) in [5.41, 5.74) is 1.60. The topological polar surface area (TPSA) is 75.5 Å². The molecule has 1 amide bonds. The van der Waals surface area contributed by atoms with Gasteiger partial charge < -0.3 is 9.47 Å². The van der Waals surface area contributed by atoms with Crippen LogP contribution in [-0.4, -0.2) is 59.3 Å². The van der Waals surface area contributed by atoms with Crippen LogP contribution >= 0.6 is 0 Å². The predicted molar refractivity (Wildman–Crippen MR) is 128 cm³/mol. The molecule has 2 unspecified atom stereocenters. The summed E-state index contributed by atoms with van der Waals surface area (Å²) in [4.78, 5) is 19.9. The van der Waals surface area contributed by atoms with Crippen molar-refractivity contribution in [1.29, 1.82) is 0 Å². The number of rotatable bonds is 9. The second-order valence-electron chi connectivity index (χ2n) is 9.16. The molecule has 2 heterocycles. The molecule has 1 aromatic carbocycles. The maximum atomic E-state index is 12.9. The van der Waals surface area contributed by atoms with Crippen molar-refractivity contribution in [2.45, 2.75) is 71.7 Å². The molecule has 0 bridgehead atoms. The molecular formula is C24H38N4O3S. The zero-order valence-corrected chi connectivity index (χ0v) is 21.0. The highest BCUT2D eigenvalue weighted by Gasteiger charge is 2.26. The first-order valence-electron chi connectivity index (χ1n) is 12.0. The van der Waals surface area contributed by atoms with E-state index in [2.05, 4.69) is 25.3 Å². The molecular weight excluding hydrogens is 424 g/mol. The van der Waals surface area contributed by atoms with Crippen molar-refractivity contribution in [3.8, 4) is 0 Å². The van der Waals surface area contributed by atoms with Crippen LogP contribution in [0.5, 0.6) is 0 Å². The number of aromatic nitrogens is 2. The average Bonchev–Trinajstić information content (AvgIpc) is 3.09. The van der Waals surface area contributed by atoms with Crippen LogP contribution in [-0.2, 0) is 27.8 Å². The van der Waals surface area contributed by atoms with Crippen LogP contribution in [0.2, 0.25) is 0 Å². The number of likely N-dealkylation sites (tertiary alicyclic amines) is 1. The SMILES string of the molecule is CCCn1c(CCC(=O)N2CC(C)CC(C)C2)nc2cc(S(=O)(=O)N(CC)CC)ccc21. The van der Waals surface area contributed by atoms with Gasteiger partial charge in [-0.25, -0.2) is 13.4 Å². The van der Waals surface area contributed by atoms with Gasteiger partial charge in [-0.15, -0.1) is 0 Å². The van der Waals surface area contributed by atoms with E-state index in [-0.39, 0.29) is 10.8 Å². The molecule has 1 aliphatic heterocycles. The summed E-state index contributed by atoms with van der Waals surface area (Å²) in [7, 11) is -3.54. The average molecular weight is 463 g/mol. The zero-order valence-electron chi connectivity index (χ0n) is 20.2. The van der Waals surface area contributed by atoms with Gasteiger partial charge in [0, 0.05) is 45.6 Å². The molecule has 0 spiro atoms. The predicted octanol–water partition coefficient (Wildman–Crippen LogP) is 3.91. The second kappa shape index (κ2) is 10.3. The van der Waals surface area contributed by atoms with Crippen LogP contribution in [0, 0.1) is 11.8 Å². The van der Waals surface area contributed by atoms with Crippen molar-refractivity contribution in [1.82, 2.24) is 18.8 Å². The lowest BCUT2D eigenvalue weighted by atomic mass is 9.91. The first-order valence-corrected chi connectivity index (χ1v) is 13.4. The van der Waals surface area contributed by atoms with Crippen LogP contribution in [0.15, 0.2) is 23.1 Å². The van der Waals surface area contributed by atoms with Crippen LogP contribution in [0.3, 0.4) is 0 Å². The number of hydrogen-bond donors (Lipinski definition) is 0. The molecule has 32 heavy (non-hydrogen) atoms. The second-order valence-corrected chi connectivity index (χ2v) is 11.1. The number of amides is 1. The van der Waals surface area contributed by atoms with Crippen LogP contribution in [0.4, 0.5) is 0 Å². The minimum absolute atomic E-state index is 0.184. The Bertz CT molecular complexity index is 1030. The van der Waals surface area contributed by atoms with Gasteiger partial charge in [0.15, 0.2) is 0 Å². The van der Waals surface area contributed by atoms with Crippen molar-refractivity contribution in [3.05, 3.63) is 24.0 Å². The van der Waals surface area contributed by atoms with Gasteiger partial charge in [-0.05, 0) is 42.9 Å². The van der Waals surface area contributed by atoms with Crippen molar-refractivity contribution < 1.29 is 13.2 Å². The maximum absolute atomic E-state index is 12.9. The highest BCUT2D eigenvalue weighted by Crippen LogP contribution is 2.25. The number of aryl methyl sites for hydroxylation is 2. The molecule has 3 rings (SSSR count). The Hall–Kier alpha value is -1.93. The fraction of sp³-hybridized carbons (Fsp3) is 0.667. The monoisotopic (exact) mass is 462 g/mol. The summed E-state index contributed by atoms with van der Waals surface area (Å²) in [6.07, 6.45) is 3.10. The molecule has 0 saturated carbocycles. The summed E-state index contributed by atoms with van der Waals surface area (Å²) in [6, 6.07) is 5.21. The van der Waals surface area contributed by atoms with Crippen LogP contribution in [0.25, 0.3) is 11.0 Å². The first kappa shape index (κ1) is 24.7. The van der Waals surface area contributed by atoms with E-state index in [1.807, 2.05) is 24.8 Å². The number of hydrogen-bond acceptors (Lipinski definition) is 4. The molecule has 0 aliphatic carbocycles. The quantitative estimate of drug-likeness (QED) is 0.566. The number of sulfonamides is 1. The fourth-order valence-electron chi connectivity index (χ4n) is 4.94. The van der Waals surface area contributed by atoms with Gasteiger partial charge in [0.2, 0.25) is 15.9 Å². The number of nitrogens with zero attached hydrogens (tertiary/aromatic N) is 4. The Morgan fingerprint density at radius 1 is 1.12 bits per heavy atom. The lowest BCUT2D eigenvalue weighted by Crippen LogP contribution is -2.42. The highest BCUT2D eigenvalue weighted by atomic mass is 32.2. The Labute approximate surface area is 192 Å². The lowest BCUT2D eigenvalue weighted by molar-refractivity contribution is -0.133. The van der Waals surface area contributed by atoms with E-state index in [4.69, 9.17) is 4.98 Å². The molecule has 2 aromatic rings. The fourth-order valence-corrected chi connectivity index (χ4v) is 6.42. The van der Waals surface area contributed by atoms with E-state index in [0.29, 0.717) is 43.3 Å². The van der Waals surface area contributed by atoms with Crippen molar-refractivity contribution in [2.75, 3.05) is 26.2 Å². The Kier molecular flexibility index (Phi) is 7.98. The molecule has 0 radical (unpaired) electrons. The smallest absolute Gasteiger partial charge is 0.243 e. The molecule has 178 valence electrons. The molecule has 1 aliphatic rings. The van der Waals surface area contributed by atoms with E-state index in [9.17, 15) is 13.2 Å². The summed E-state index contributed by atoms with van der Waals surface area (Å²) >= 11 is 0. The Balaban J connectivity index is 1.85. The summed E-state index contributed by atoms with van der Waals surface area (Å²) < 4.78 is 29.5. The van der Waals surface area contributed by atoms with Gasteiger partial charge in [0.1, 0.15) is 5.82 Å². The van der Waals surface area contributed by atoms with Crippen molar-refractivity contribution in [2.24, 2.45) is 11.8 Å². The summed E-state index contributed by atoms with van der Waals surface area (Å²) in [6.45, 7) is 13.5. The van der Waals surface area contributed by atoms with Gasteiger partial charge in [-0.1, -0.05) is 34.6 Å². The lowest BCUT2D eigenvalue weighted by Gasteiger charge is -2.35. The zero-order chi connectivity index (χ0) is 23.5. The number of benzene rings is 1. The van der Waals surface area contributed by atoms with Gasteiger partial charge >= 0.3 is 0 Å².